The van der Waals surface area contributed by atoms with Crippen molar-refractivity contribution in [3.63, 3.8) is 0 Å². The first kappa shape index (κ1) is 18.9. The fraction of sp³-hybridized carbons (Fsp3) is 0.190. The van der Waals surface area contributed by atoms with Gasteiger partial charge in [-0.25, -0.2) is 4.98 Å². The third-order valence-electron chi connectivity index (χ3n) is 5.15. The summed E-state index contributed by atoms with van der Waals surface area (Å²) in [4.78, 5) is 33.8. The lowest BCUT2D eigenvalue weighted by Gasteiger charge is -2.33. The number of piperazine rings is 1. The van der Waals surface area contributed by atoms with Crippen LogP contribution in [0.25, 0.3) is 22.0 Å². The number of hydrogen-bond acceptors (Lipinski definition) is 5. The zero-order chi connectivity index (χ0) is 20.7. The first-order valence-electron chi connectivity index (χ1n) is 9.46. The molecule has 1 fully saturated rings. The Labute approximate surface area is 180 Å². The number of hydrogen-bond donors (Lipinski definition) is 0. The van der Waals surface area contributed by atoms with E-state index in [0.29, 0.717) is 48.4 Å². The quantitative estimate of drug-likeness (QED) is 0.454. The number of halogens is 1. The smallest absolute Gasteiger partial charge is 0.289 e. The Morgan fingerprint density at radius 2 is 1.90 bits per heavy atom. The van der Waals surface area contributed by atoms with Gasteiger partial charge in [0.05, 0.1) is 5.69 Å². The van der Waals surface area contributed by atoms with Crippen LogP contribution in [0.15, 0.2) is 52.4 Å². The summed E-state index contributed by atoms with van der Waals surface area (Å²) in [5.74, 6) is 0.0536. The van der Waals surface area contributed by atoms with E-state index in [-0.39, 0.29) is 11.8 Å². The van der Waals surface area contributed by atoms with E-state index in [9.17, 15) is 9.59 Å². The molecule has 0 aliphatic carbocycles. The molecule has 2 amide bonds. The van der Waals surface area contributed by atoms with Crippen molar-refractivity contribution in [1.29, 1.82) is 0 Å². The molecule has 0 bridgehead atoms. The summed E-state index contributed by atoms with van der Waals surface area (Å²) in [6.45, 7) is 1.83. The van der Waals surface area contributed by atoms with Gasteiger partial charge >= 0.3 is 0 Å². The average Bonchev–Trinajstić information content (AvgIpc) is 3.46. The van der Waals surface area contributed by atoms with Crippen LogP contribution in [0.1, 0.15) is 16.2 Å². The normalized spacial score (nSPS) is 15.0. The molecule has 0 spiro atoms. The minimum atomic E-state index is -0.153. The largest absolute Gasteiger partial charge is 0.451 e. The third-order valence-corrected chi connectivity index (χ3v) is 6.19. The number of imidazole rings is 1. The molecule has 4 aromatic rings. The highest BCUT2D eigenvalue weighted by Gasteiger charge is 2.26. The van der Waals surface area contributed by atoms with E-state index in [1.165, 1.54) is 17.4 Å². The fourth-order valence-corrected chi connectivity index (χ4v) is 4.56. The van der Waals surface area contributed by atoms with E-state index >= 15 is 0 Å². The molecule has 0 atom stereocenters. The van der Waals surface area contributed by atoms with Crippen LogP contribution in [0, 0.1) is 0 Å². The zero-order valence-corrected chi connectivity index (χ0v) is 17.4. The highest BCUT2D eigenvalue weighted by molar-refractivity contribution is 7.15. The van der Waals surface area contributed by atoms with Gasteiger partial charge in [-0.1, -0.05) is 29.8 Å². The van der Waals surface area contributed by atoms with Gasteiger partial charge in [-0.05, 0) is 18.2 Å². The minimum Gasteiger partial charge on any atom is -0.451 e. The van der Waals surface area contributed by atoms with Crippen LogP contribution < -0.4 is 0 Å². The Morgan fingerprint density at radius 1 is 1.13 bits per heavy atom. The van der Waals surface area contributed by atoms with Crippen LogP contribution in [0.2, 0.25) is 5.15 Å². The van der Waals surface area contributed by atoms with Gasteiger partial charge in [0.25, 0.3) is 5.91 Å². The summed E-state index contributed by atoms with van der Waals surface area (Å²) in [6, 6.07) is 9.29. The van der Waals surface area contributed by atoms with Gasteiger partial charge < -0.3 is 14.2 Å². The molecule has 0 radical (unpaired) electrons. The maximum atomic E-state index is 12.8. The third kappa shape index (κ3) is 3.38. The number of amides is 2. The molecule has 4 heterocycles. The minimum absolute atomic E-state index is 0.118. The highest BCUT2D eigenvalue weighted by Crippen LogP contribution is 2.23. The van der Waals surface area contributed by atoms with Crippen molar-refractivity contribution in [2.45, 2.75) is 0 Å². The summed E-state index contributed by atoms with van der Waals surface area (Å²) >= 11 is 7.65. The van der Waals surface area contributed by atoms with Crippen molar-refractivity contribution in [1.82, 2.24) is 19.2 Å². The molecule has 1 aromatic carbocycles. The average molecular weight is 441 g/mol. The van der Waals surface area contributed by atoms with Gasteiger partial charge in [0.2, 0.25) is 5.91 Å². The lowest BCUT2D eigenvalue weighted by molar-refractivity contribution is -0.127. The lowest BCUT2D eigenvalue weighted by atomic mass is 10.2. The SMILES string of the molecule is O=C(/C=C/c1c(Cl)nc2sccn12)N1CCN(C(=O)c2cc3ccccc3o2)CC1. The zero-order valence-electron chi connectivity index (χ0n) is 15.8. The first-order valence-corrected chi connectivity index (χ1v) is 10.7. The molecular formula is C21H17ClN4O3S. The van der Waals surface area contributed by atoms with Crippen molar-refractivity contribution in [3.8, 4) is 0 Å². The van der Waals surface area contributed by atoms with Crippen LogP contribution in [0.4, 0.5) is 0 Å². The van der Waals surface area contributed by atoms with Crippen LogP contribution in [-0.2, 0) is 4.79 Å². The fourth-order valence-electron chi connectivity index (χ4n) is 3.55. The molecule has 0 unspecified atom stereocenters. The van der Waals surface area contributed by atoms with E-state index in [2.05, 4.69) is 4.98 Å². The molecule has 152 valence electrons. The number of thiazole rings is 1. The summed E-state index contributed by atoms with van der Waals surface area (Å²) in [6.07, 6.45) is 5.05. The van der Waals surface area contributed by atoms with Gasteiger partial charge in [0, 0.05) is 49.2 Å². The Bertz CT molecular complexity index is 1250. The van der Waals surface area contributed by atoms with Gasteiger partial charge in [0.1, 0.15) is 5.58 Å². The van der Waals surface area contributed by atoms with Crippen molar-refractivity contribution < 1.29 is 14.0 Å². The number of rotatable bonds is 3. The van der Waals surface area contributed by atoms with Crippen LogP contribution >= 0.6 is 22.9 Å². The van der Waals surface area contributed by atoms with Gasteiger partial charge in [0.15, 0.2) is 15.9 Å². The second-order valence-corrected chi connectivity index (χ2v) is 8.17. The Balaban J connectivity index is 1.23. The topological polar surface area (TPSA) is 71.1 Å². The van der Waals surface area contributed by atoms with Gasteiger partial charge in [-0.2, -0.15) is 0 Å². The molecule has 1 aliphatic heterocycles. The second kappa shape index (κ2) is 7.62. The summed E-state index contributed by atoms with van der Waals surface area (Å²) in [7, 11) is 0. The van der Waals surface area contributed by atoms with Crippen LogP contribution in [0.5, 0.6) is 0 Å². The second-order valence-electron chi connectivity index (χ2n) is 6.94. The van der Waals surface area contributed by atoms with E-state index in [4.69, 9.17) is 16.0 Å². The number of nitrogens with zero attached hydrogens (tertiary/aromatic N) is 4. The molecule has 0 N–H and O–H groups in total. The van der Waals surface area contributed by atoms with Crippen LogP contribution in [0.3, 0.4) is 0 Å². The Kier molecular flexibility index (Phi) is 4.80. The number of carbonyl (C=O) groups excluding carboxylic acids is 2. The van der Waals surface area contributed by atoms with E-state index < -0.39 is 0 Å². The van der Waals surface area contributed by atoms with Crippen molar-refractivity contribution >= 4 is 56.8 Å². The van der Waals surface area contributed by atoms with E-state index in [1.54, 1.807) is 21.9 Å². The number of para-hydroxylation sites is 1. The highest BCUT2D eigenvalue weighted by atomic mass is 35.5. The van der Waals surface area contributed by atoms with E-state index in [1.807, 2.05) is 40.2 Å². The van der Waals surface area contributed by atoms with Gasteiger partial charge in [-0.15, -0.1) is 11.3 Å². The van der Waals surface area contributed by atoms with Crippen molar-refractivity contribution in [2.75, 3.05) is 26.2 Å². The maximum Gasteiger partial charge on any atom is 0.289 e. The summed E-state index contributed by atoms with van der Waals surface area (Å²) in [5, 5.41) is 3.18. The molecule has 1 aliphatic rings. The summed E-state index contributed by atoms with van der Waals surface area (Å²) in [5.41, 5.74) is 1.37. The van der Waals surface area contributed by atoms with Crippen LogP contribution in [-0.4, -0.2) is 57.2 Å². The number of furan rings is 1. The predicted octanol–water partition coefficient (Wildman–Crippen LogP) is 3.79. The molecule has 0 saturated carbocycles. The van der Waals surface area contributed by atoms with E-state index in [0.717, 1.165) is 10.3 Å². The lowest BCUT2D eigenvalue weighted by Crippen LogP contribution is -2.50. The number of carbonyl (C=O) groups is 2. The standard InChI is InChI=1S/C21H17ClN4O3S/c22-19-15(26-11-12-30-21(26)23-19)5-6-18(27)24-7-9-25(10-8-24)20(28)17-13-14-3-1-2-4-16(14)29-17/h1-6,11-13H,7-10H2/b6-5+. The molecule has 7 nitrogen and oxygen atoms in total. The number of benzene rings is 1. The molecular weight excluding hydrogens is 424 g/mol. The molecule has 3 aromatic heterocycles. The monoisotopic (exact) mass is 440 g/mol. The number of aromatic nitrogens is 2. The van der Waals surface area contributed by atoms with Crippen molar-refractivity contribution in [2.24, 2.45) is 0 Å². The first-order chi connectivity index (χ1) is 14.6. The molecule has 5 rings (SSSR count). The molecule has 9 heteroatoms. The van der Waals surface area contributed by atoms with Gasteiger partial charge in [-0.3, -0.25) is 14.0 Å². The maximum absolute atomic E-state index is 12.8. The molecule has 1 saturated heterocycles. The Hall–Kier alpha value is -3.10. The number of fused-ring (bicyclic) bond motifs is 2. The Morgan fingerprint density at radius 3 is 2.70 bits per heavy atom. The summed E-state index contributed by atoms with van der Waals surface area (Å²) < 4.78 is 7.52. The molecule has 30 heavy (non-hydrogen) atoms. The predicted molar refractivity (Wildman–Crippen MR) is 116 cm³/mol. The van der Waals surface area contributed by atoms with Crippen molar-refractivity contribution in [3.05, 3.63) is 64.6 Å².